The van der Waals surface area contributed by atoms with Crippen molar-refractivity contribution in [1.82, 2.24) is 5.16 Å². The van der Waals surface area contributed by atoms with Crippen LogP contribution in [0.5, 0.6) is 0 Å². The molecule has 0 bridgehead atoms. The van der Waals surface area contributed by atoms with Gasteiger partial charge in [-0.1, -0.05) is 5.16 Å². The highest BCUT2D eigenvalue weighted by Gasteiger charge is 2.12. The standard InChI is InChI=1S/C8H12N2O3/c1-5-4-6(13-10-5)2-3-7(9)8(11)12/h4,7H,2-3,9H2,1H3,(H,11,12)/t7-/m0/s1. The summed E-state index contributed by atoms with van der Waals surface area (Å²) in [7, 11) is 0. The van der Waals surface area contributed by atoms with E-state index in [1.54, 1.807) is 6.07 Å². The second-order valence-electron chi connectivity index (χ2n) is 2.92. The molecule has 0 saturated heterocycles. The number of rotatable bonds is 4. The number of carboxylic acid groups (broad SMARTS) is 1. The number of aromatic nitrogens is 1. The van der Waals surface area contributed by atoms with Gasteiger partial charge in [0.05, 0.1) is 5.69 Å². The van der Waals surface area contributed by atoms with Crippen molar-refractivity contribution in [3.63, 3.8) is 0 Å². The third kappa shape index (κ3) is 2.87. The van der Waals surface area contributed by atoms with E-state index in [1.807, 2.05) is 6.92 Å². The minimum absolute atomic E-state index is 0.365. The van der Waals surface area contributed by atoms with Gasteiger partial charge in [-0.15, -0.1) is 0 Å². The third-order valence-electron chi connectivity index (χ3n) is 1.70. The van der Waals surface area contributed by atoms with Gasteiger partial charge in [-0.2, -0.15) is 0 Å². The van der Waals surface area contributed by atoms with Crippen molar-refractivity contribution in [1.29, 1.82) is 0 Å². The molecule has 5 heteroatoms. The molecule has 1 aromatic rings. The SMILES string of the molecule is Cc1cc(CC[C@H](N)C(=O)O)on1. The van der Waals surface area contributed by atoms with E-state index in [4.69, 9.17) is 15.4 Å². The number of aryl methyl sites for hydroxylation is 2. The Kier molecular flexibility index (Phi) is 3.02. The van der Waals surface area contributed by atoms with Crippen LogP contribution in [0.2, 0.25) is 0 Å². The van der Waals surface area contributed by atoms with E-state index in [-0.39, 0.29) is 0 Å². The molecule has 0 aromatic carbocycles. The molecular weight excluding hydrogens is 172 g/mol. The summed E-state index contributed by atoms with van der Waals surface area (Å²) in [6.45, 7) is 1.81. The van der Waals surface area contributed by atoms with Crippen LogP contribution in [-0.2, 0) is 11.2 Å². The Morgan fingerprint density at radius 2 is 2.54 bits per heavy atom. The fourth-order valence-electron chi connectivity index (χ4n) is 0.955. The molecular formula is C8H12N2O3. The summed E-state index contributed by atoms with van der Waals surface area (Å²) in [5.41, 5.74) is 6.10. The molecule has 0 amide bonds. The molecule has 13 heavy (non-hydrogen) atoms. The quantitative estimate of drug-likeness (QED) is 0.703. The highest BCUT2D eigenvalue weighted by molar-refractivity contribution is 5.72. The number of hydrogen-bond donors (Lipinski definition) is 2. The lowest BCUT2D eigenvalue weighted by Gasteiger charge is -2.02. The molecule has 72 valence electrons. The fraction of sp³-hybridized carbons (Fsp3) is 0.500. The van der Waals surface area contributed by atoms with Crippen LogP contribution in [0.15, 0.2) is 10.6 Å². The molecule has 0 spiro atoms. The Bertz CT molecular complexity index is 295. The maximum absolute atomic E-state index is 10.4. The first-order valence-electron chi connectivity index (χ1n) is 4.00. The zero-order valence-electron chi connectivity index (χ0n) is 7.36. The van der Waals surface area contributed by atoms with E-state index in [0.29, 0.717) is 18.6 Å². The van der Waals surface area contributed by atoms with Gasteiger partial charge in [-0.05, 0) is 13.3 Å². The van der Waals surface area contributed by atoms with Gasteiger partial charge in [-0.25, -0.2) is 0 Å². The van der Waals surface area contributed by atoms with Gasteiger partial charge < -0.3 is 15.4 Å². The minimum Gasteiger partial charge on any atom is -0.480 e. The Morgan fingerprint density at radius 1 is 1.85 bits per heavy atom. The van der Waals surface area contributed by atoms with Crippen LogP contribution < -0.4 is 5.73 Å². The monoisotopic (exact) mass is 184 g/mol. The molecule has 0 aliphatic carbocycles. The fourth-order valence-corrected chi connectivity index (χ4v) is 0.955. The Morgan fingerprint density at radius 3 is 3.00 bits per heavy atom. The molecule has 3 N–H and O–H groups in total. The number of nitrogens with zero attached hydrogens (tertiary/aromatic N) is 1. The van der Waals surface area contributed by atoms with Crippen LogP contribution in [0.1, 0.15) is 17.9 Å². The van der Waals surface area contributed by atoms with Crippen LogP contribution in [0.25, 0.3) is 0 Å². The summed E-state index contributed by atoms with van der Waals surface area (Å²) in [4.78, 5) is 10.4. The minimum atomic E-state index is -0.990. The Balaban J connectivity index is 2.39. The van der Waals surface area contributed by atoms with Crippen LogP contribution in [0.3, 0.4) is 0 Å². The molecule has 0 fully saturated rings. The topological polar surface area (TPSA) is 89.4 Å². The summed E-state index contributed by atoms with van der Waals surface area (Å²) in [6.07, 6.45) is 0.873. The lowest BCUT2D eigenvalue weighted by molar-refractivity contribution is -0.138. The third-order valence-corrected chi connectivity index (χ3v) is 1.70. The van der Waals surface area contributed by atoms with Gasteiger partial charge in [0.2, 0.25) is 0 Å². The average molecular weight is 184 g/mol. The number of aliphatic carboxylic acids is 1. The predicted molar refractivity (Wildman–Crippen MR) is 45.2 cm³/mol. The van der Waals surface area contributed by atoms with Crippen molar-refractivity contribution in [2.75, 3.05) is 0 Å². The molecule has 1 heterocycles. The van der Waals surface area contributed by atoms with Crippen molar-refractivity contribution < 1.29 is 14.4 Å². The van der Waals surface area contributed by atoms with Crippen molar-refractivity contribution in [3.05, 3.63) is 17.5 Å². The van der Waals surface area contributed by atoms with Crippen molar-refractivity contribution in [3.8, 4) is 0 Å². The van der Waals surface area contributed by atoms with E-state index >= 15 is 0 Å². The van der Waals surface area contributed by atoms with E-state index in [2.05, 4.69) is 5.16 Å². The number of nitrogens with two attached hydrogens (primary N) is 1. The van der Waals surface area contributed by atoms with E-state index < -0.39 is 12.0 Å². The lowest BCUT2D eigenvalue weighted by atomic mass is 10.1. The maximum atomic E-state index is 10.4. The summed E-state index contributed by atoms with van der Waals surface area (Å²) < 4.78 is 4.90. The molecule has 0 aliphatic rings. The van der Waals surface area contributed by atoms with Crippen LogP contribution >= 0.6 is 0 Å². The van der Waals surface area contributed by atoms with Crippen LogP contribution in [0.4, 0.5) is 0 Å². The predicted octanol–water partition coefficient (Wildman–Crippen LogP) is 0.328. The summed E-state index contributed by atoms with van der Waals surface area (Å²) in [5, 5.41) is 12.2. The van der Waals surface area contributed by atoms with Crippen molar-refractivity contribution in [2.24, 2.45) is 5.73 Å². The second-order valence-corrected chi connectivity index (χ2v) is 2.92. The van der Waals surface area contributed by atoms with Gasteiger partial charge in [0.15, 0.2) is 0 Å². The molecule has 0 saturated carbocycles. The molecule has 1 rings (SSSR count). The van der Waals surface area contributed by atoms with Gasteiger partial charge >= 0.3 is 5.97 Å². The largest absolute Gasteiger partial charge is 0.480 e. The second kappa shape index (κ2) is 4.04. The van der Waals surface area contributed by atoms with Gasteiger partial charge in [0.25, 0.3) is 0 Å². The summed E-state index contributed by atoms with van der Waals surface area (Å²) in [6, 6.07) is 0.944. The van der Waals surface area contributed by atoms with Crippen molar-refractivity contribution in [2.45, 2.75) is 25.8 Å². The van der Waals surface area contributed by atoms with Crippen molar-refractivity contribution >= 4 is 5.97 Å². The zero-order valence-corrected chi connectivity index (χ0v) is 7.36. The number of carboxylic acids is 1. The molecule has 1 atom stereocenters. The molecule has 1 aromatic heterocycles. The molecule has 0 aliphatic heterocycles. The van der Waals surface area contributed by atoms with Crippen LogP contribution in [0, 0.1) is 6.92 Å². The molecule has 0 unspecified atom stereocenters. The van der Waals surface area contributed by atoms with Gasteiger partial charge in [0, 0.05) is 12.5 Å². The first-order chi connectivity index (χ1) is 6.09. The maximum Gasteiger partial charge on any atom is 0.320 e. The summed E-state index contributed by atoms with van der Waals surface area (Å²) in [5.74, 6) is -0.314. The smallest absolute Gasteiger partial charge is 0.320 e. The Hall–Kier alpha value is -1.36. The van der Waals surface area contributed by atoms with Gasteiger partial charge in [0.1, 0.15) is 11.8 Å². The highest BCUT2D eigenvalue weighted by atomic mass is 16.5. The first-order valence-corrected chi connectivity index (χ1v) is 4.00. The van der Waals surface area contributed by atoms with Crippen LogP contribution in [-0.4, -0.2) is 22.3 Å². The number of carbonyl (C=O) groups is 1. The van der Waals surface area contributed by atoms with E-state index in [9.17, 15) is 4.79 Å². The lowest BCUT2D eigenvalue weighted by Crippen LogP contribution is -2.30. The summed E-state index contributed by atoms with van der Waals surface area (Å²) >= 11 is 0. The van der Waals surface area contributed by atoms with E-state index in [0.717, 1.165) is 5.69 Å². The number of hydrogen-bond acceptors (Lipinski definition) is 4. The highest BCUT2D eigenvalue weighted by Crippen LogP contribution is 2.06. The molecule has 5 nitrogen and oxygen atoms in total. The normalized spacial score (nSPS) is 12.8. The average Bonchev–Trinajstić information content (AvgIpc) is 2.47. The molecule has 0 radical (unpaired) electrons. The zero-order chi connectivity index (χ0) is 9.84. The van der Waals surface area contributed by atoms with E-state index in [1.165, 1.54) is 0 Å². The Labute approximate surface area is 75.5 Å². The van der Waals surface area contributed by atoms with Gasteiger partial charge in [-0.3, -0.25) is 4.79 Å². The first kappa shape index (κ1) is 9.73.